The third-order valence-electron chi connectivity index (χ3n) is 10.2. The summed E-state index contributed by atoms with van der Waals surface area (Å²) in [5.74, 6) is 1.21. The maximum absolute atomic E-state index is 6.81. The van der Waals surface area contributed by atoms with E-state index in [4.69, 9.17) is 4.74 Å². The molecule has 0 aromatic carbocycles. The van der Waals surface area contributed by atoms with Gasteiger partial charge in [0.05, 0.1) is 13.2 Å². The summed E-state index contributed by atoms with van der Waals surface area (Å²) in [5.41, 5.74) is 0. The van der Waals surface area contributed by atoms with Gasteiger partial charge in [0, 0.05) is 36.3 Å². The van der Waals surface area contributed by atoms with Gasteiger partial charge >= 0.3 is 0 Å². The Morgan fingerprint density at radius 3 is 0.884 bits per heavy atom. The lowest BCUT2D eigenvalue weighted by Gasteiger charge is -2.42. The van der Waals surface area contributed by atoms with Crippen molar-refractivity contribution in [3.05, 3.63) is 0 Å². The number of unbranched alkanes of at least 4 members (excludes halogenated alkanes) is 14. The lowest BCUT2D eigenvalue weighted by molar-refractivity contribution is -0.01000. The lowest BCUT2D eigenvalue weighted by atomic mass is 9.90. The van der Waals surface area contributed by atoms with Crippen LogP contribution in [0.25, 0.3) is 0 Å². The molecule has 0 amide bonds. The van der Waals surface area contributed by atoms with Gasteiger partial charge in [-0.15, -0.1) is 0 Å². The van der Waals surface area contributed by atoms with Crippen LogP contribution in [-0.2, 0) is 4.74 Å². The fourth-order valence-corrected chi connectivity index (χ4v) is 7.94. The topological polar surface area (TPSA) is 15.7 Å². The first-order valence-electron chi connectivity index (χ1n) is 19.6. The van der Waals surface area contributed by atoms with E-state index in [2.05, 4.69) is 92.9 Å². The number of nitrogens with zero attached hydrogens (tertiary/aromatic N) is 2. The van der Waals surface area contributed by atoms with E-state index in [1.807, 2.05) is 0 Å². The van der Waals surface area contributed by atoms with Crippen LogP contribution >= 0.6 is 0 Å². The molecule has 0 saturated heterocycles. The molecular formula is C40H84N2O. The molecule has 260 valence electrons. The third kappa shape index (κ3) is 19.9. The minimum Gasteiger partial charge on any atom is -0.381 e. The average molecular weight is 609 g/mol. The van der Waals surface area contributed by atoms with Gasteiger partial charge in [-0.3, -0.25) is 9.80 Å². The molecule has 0 spiro atoms. The second-order valence-electron chi connectivity index (χ2n) is 15.3. The van der Waals surface area contributed by atoms with Crippen LogP contribution in [0.3, 0.4) is 0 Å². The van der Waals surface area contributed by atoms with Crippen LogP contribution < -0.4 is 0 Å². The first-order chi connectivity index (χ1) is 20.5. The molecule has 3 nitrogen and oxygen atoms in total. The van der Waals surface area contributed by atoms with Crippen molar-refractivity contribution in [1.29, 1.82) is 0 Å². The first kappa shape index (κ1) is 42.9. The van der Waals surface area contributed by atoms with Gasteiger partial charge in [0.1, 0.15) is 0 Å². The zero-order valence-electron chi connectivity index (χ0n) is 32.1. The van der Waals surface area contributed by atoms with Gasteiger partial charge in [-0.05, 0) is 93.9 Å². The van der Waals surface area contributed by atoms with Crippen molar-refractivity contribution in [2.75, 3.05) is 13.2 Å². The number of hydrogen-bond donors (Lipinski definition) is 0. The fourth-order valence-electron chi connectivity index (χ4n) is 7.94. The minimum atomic E-state index is 0.552. The van der Waals surface area contributed by atoms with Gasteiger partial charge in [-0.1, -0.05) is 117 Å². The molecule has 0 rings (SSSR count). The van der Waals surface area contributed by atoms with E-state index in [9.17, 15) is 0 Å². The van der Waals surface area contributed by atoms with Crippen LogP contribution in [0.1, 0.15) is 199 Å². The SMILES string of the molecule is CCCCCCCCCCC(COCC(CCCCCCCCCC)C(C)N(C(C)C)C(C)C)C(C)N(C(C)C)C(C)C. The Kier molecular flexibility index (Phi) is 27.0. The van der Waals surface area contributed by atoms with Crippen LogP contribution in [0.2, 0.25) is 0 Å². The number of hydrogen-bond acceptors (Lipinski definition) is 3. The maximum atomic E-state index is 6.81. The molecule has 0 bridgehead atoms. The van der Waals surface area contributed by atoms with Crippen LogP contribution in [0.4, 0.5) is 0 Å². The normalized spacial score (nSPS) is 15.5. The summed E-state index contributed by atoms with van der Waals surface area (Å²) < 4.78 is 6.81. The highest BCUT2D eigenvalue weighted by atomic mass is 16.5. The quantitative estimate of drug-likeness (QED) is 0.0754. The number of rotatable bonds is 30. The standard InChI is InChI=1S/C40H84N2O/c1-13-15-17-19-21-23-25-27-29-39(37(11)41(33(3)4)34(5)6)31-43-32-40(38(12)42(35(7)8)36(9)10)30-28-26-24-22-20-18-16-14-2/h33-40H,13-32H2,1-12H3. The van der Waals surface area contributed by atoms with E-state index in [1.165, 1.54) is 116 Å². The molecule has 0 aliphatic heterocycles. The molecule has 4 atom stereocenters. The van der Waals surface area contributed by atoms with Crippen molar-refractivity contribution in [2.24, 2.45) is 11.8 Å². The highest BCUT2D eigenvalue weighted by Crippen LogP contribution is 2.27. The molecule has 0 aliphatic rings. The van der Waals surface area contributed by atoms with Crippen molar-refractivity contribution in [2.45, 2.75) is 235 Å². The predicted octanol–water partition coefficient (Wildman–Crippen LogP) is 12.3. The Labute approximate surface area is 274 Å². The van der Waals surface area contributed by atoms with Crippen LogP contribution in [0.15, 0.2) is 0 Å². The Morgan fingerprint density at radius 2 is 0.628 bits per heavy atom. The molecule has 0 saturated carbocycles. The van der Waals surface area contributed by atoms with E-state index < -0.39 is 0 Å². The van der Waals surface area contributed by atoms with E-state index >= 15 is 0 Å². The van der Waals surface area contributed by atoms with Crippen molar-refractivity contribution in [1.82, 2.24) is 9.80 Å². The highest BCUT2D eigenvalue weighted by Gasteiger charge is 2.30. The summed E-state index contributed by atoms with van der Waals surface area (Å²) in [6.07, 6.45) is 24.9. The van der Waals surface area contributed by atoms with Crippen molar-refractivity contribution < 1.29 is 4.74 Å². The molecule has 4 unspecified atom stereocenters. The lowest BCUT2D eigenvalue weighted by Crippen LogP contribution is -2.49. The first-order valence-corrected chi connectivity index (χ1v) is 19.6. The van der Waals surface area contributed by atoms with E-state index in [0.717, 1.165) is 13.2 Å². The highest BCUT2D eigenvalue weighted by molar-refractivity contribution is 4.83. The molecule has 0 aromatic rings. The van der Waals surface area contributed by atoms with Crippen molar-refractivity contribution >= 4 is 0 Å². The van der Waals surface area contributed by atoms with Gasteiger partial charge in [-0.25, -0.2) is 0 Å². The zero-order valence-corrected chi connectivity index (χ0v) is 32.1. The Morgan fingerprint density at radius 1 is 0.372 bits per heavy atom. The van der Waals surface area contributed by atoms with Gasteiger partial charge in [0.15, 0.2) is 0 Å². The van der Waals surface area contributed by atoms with Crippen LogP contribution in [0.5, 0.6) is 0 Å². The Bertz CT molecular complexity index is 523. The molecule has 3 heteroatoms. The van der Waals surface area contributed by atoms with Crippen LogP contribution in [-0.4, -0.2) is 59.3 Å². The smallest absolute Gasteiger partial charge is 0.0509 e. The van der Waals surface area contributed by atoms with E-state index in [1.54, 1.807) is 0 Å². The summed E-state index contributed by atoms with van der Waals surface area (Å²) >= 11 is 0. The summed E-state index contributed by atoms with van der Waals surface area (Å²) in [4.78, 5) is 5.47. The minimum absolute atomic E-state index is 0.552. The van der Waals surface area contributed by atoms with Gasteiger partial charge in [-0.2, -0.15) is 0 Å². The maximum Gasteiger partial charge on any atom is 0.0509 e. The van der Waals surface area contributed by atoms with Gasteiger partial charge in [0.25, 0.3) is 0 Å². The molecule has 0 radical (unpaired) electrons. The molecule has 0 N–H and O–H groups in total. The second-order valence-corrected chi connectivity index (χ2v) is 15.3. The van der Waals surface area contributed by atoms with Gasteiger partial charge < -0.3 is 4.74 Å². The fraction of sp³-hybridized carbons (Fsp3) is 1.00. The third-order valence-corrected chi connectivity index (χ3v) is 10.2. The van der Waals surface area contributed by atoms with Crippen molar-refractivity contribution in [3.8, 4) is 0 Å². The van der Waals surface area contributed by atoms with Crippen LogP contribution in [0, 0.1) is 11.8 Å². The molecule has 0 heterocycles. The van der Waals surface area contributed by atoms with Gasteiger partial charge in [0.2, 0.25) is 0 Å². The molecule has 0 aliphatic carbocycles. The van der Waals surface area contributed by atoms with E-state index in [0.29, 0.717) is 48.1 Å². The van der Waals surface area contributed by atoms with E-state index in [-0.39, 0.29) is 0 Å². The monoisotopic (exact) mass is 609 g/mol. The molecular weight excluding hydrogens is 524 g/mol. The summed E-state index contributed by atoms with van der Waals surface area (Å²) in [7, 11) is 0. The molecule has 0 aromatic heterocycles. The largest absolute Gasteiger partial charge is 0.381 e. The second kappa shape index (κ2) is 27.0. The van der Waals surface area contributed by atoms with Crippen molar-refractivity contribution in [3.63, 3.8) is 0 Å². The Balaban J connectivity index is 5.29. The summed E-state index contributed by atoms with van der Waals surface area (Å²) in [6, 6.07) is 3.37. The Hall–Kier alpha value is -0.120. The summed E-state index contributed by atoms with van der Waals surface area (Å²) in [6.45, 7) is 30.4. The molecule has 0 fully saturated rings. The summed E-state index contributed by atoms with van der Waals surface area (Å²) in [5, 5.41) is 0. The average Bonchev–Trinajstić information content (AvgIpc) is 2.92. The zero-order chi connectivity index (χ0) is 32.6. The number of ether oxygens (including phenoxy) is 1. The molecule has 43 heavy (non-hydrogen) atoms. The predicted molar refractivity (Wildman–Crippen MR) is 195 cm³/mol.